The van der Waals surface area contributed by atoms with Crippen LogP contribution in [0.15, 0.2) is 36.7 Å². The number of amides is 2. The number of aryl methyl sites for hydroxylation is 1. The summed E-state index contributed by atoms with van der Waals surface area (Å²) in [5, 5.41) is 6.05. The maximum absolute atomic E-state index is 13.5. The summed E-state index contributed by atoms with van der Waals surface area (Å²) in [5.41, 5.74) is 4.18. The van der Waals surface area contributed by atoms with Crippen molar-refractivity contribution in [2.24, 2.45) is 11.3 Å². The lowest BCUT2D eigenvalue weighted by molar-refractivity contribution is -0.114. The zero-order valence-electron chi connectivity index (χ0n) is 20.1. The van der Waals surface area contributed by atoms with Crippen LogP contribution in [-0.4, -0.2) is 32.9 Å². The highest BCUT2D eigenvalue weighted by molar-refractivity contribution is 6.07. The summed E-state index contributed by atoms with van der Waals surface area (Å²) in [4.78, 5) is 34.3. The van der Waals surface area contributed by atoms with E-state index in [2.05, 4.69) is 27.1 Å². The molecular formula is C27H33N5O2. The molecule has 1 aromatic carbocycles. The maximum atomic E-state index is 13.5. The molecule has 178 valence electrons. The van der Waals surface area contributed by atoms with Crippen LogP contribution in [0.3, 0.4) is 0 Å². The Labute approximate surface area is 200 Å². The minimum absolute atomic E-state index is 0.106. The third-order valence-corrected chi connectivity index (χ3v) is 7.58. The Kier molecular flexibility index (Phi) is 6.11. The van der Waals surface area contributed by atoms with Crippen molar-refractivity contribution in [3.8, 4) is 0 Å². The number of hydrogen-bond acceptors (Lipinski definition) is 4. The van der Waals surface area contributed by atoms with Gasteiger partial charge in [0.25, 0.3) is 5.91 Å². The van der Waals surface area contributed by atoms with Crippen molar-refractivity contribution in [3.63, 3.8) is 0 Å². The number of fused-ring (bicyclic) bond motifs is 1. The Morgan fingerprint density at radius 3 is 2.74 bits per heavy atom. The summed E-state index contributed by atoms with van der Waals surface area (Å²) in [6.45, 7) is 4.83. The first-order chi connectivity index (χ1) is 16.5. The number of hydrogen-bond donors (Lipinski definition) is 2. The lowest BCUT2D eigenvalue weighted by atomic mass is 9.84. The van der Waals surface area contributed by atoms with Gasteiger partial charge in [0.15, 0.2) is 0 Å². The van der Waals surface area contributed by atoms with Crippen molar-refractivity contribution in [2.75, 3.05) is 11.9 Å². The van der Waals surface area contributed by atoms with Crippen molar-refractivity contribution in [1.82, 2.24) is 19.9 Å². The SMILES string of the molecule is CCc1nc2cc(NC(C)=O)cc(C(=O)NC[C@@H]3CC34CCCCC4)c2n1Cc1cccnc1. The molecule has 34 heavy (non-hydrogen) atoms. The van der Waals surface area contributed by atoms with E-state index < -0.39 is 0 Å². The van der Waals surface area contributed by atoms with E-state index in [-0.39, 0.29) is 11.8 Å². The molecule has 0 radical (unpaired) electrons. The summed E-state index contributed by atoms with van der Waals surface area (Å²) in [6.07, 6.45) is 12.1. The van der Waals surface area contributed by atoms with Gasteiger partial charge < -0.3 is 15.2 Å². The third kappa shape index (κ3) is 4.43. The number of carbonyl (C=O) groups is 2. The number of nitrogens with zero attached hydrogens (tertiary/aromatic N) is 3. The molecule has 3 aromatic rings. The fraction of sp³-hybridized carbons (Fsp3) is 0.481. The Hall–Kier alpha value is -3.22. The number of imidazole rings is 1. The minimum atomic E-state index is -0.173. The molecule has 7 heteroatoms. The molecule has 5 rings (SSSR count). The van der Waals surface area contributed by atoms with Crippen LogP contribution in [0.4, 0.5) is 5.69 Å². The molecule has 0 unspecified atom stereocenters. The van der Waals surface area contributed by atoms with Crippen LogP contribution in [-0.2, 0) is 17.8 Å². The van der Waals surface area contributed by atoms with E-state index in [9.17, 15) is 9.59 Å². The molecule has 2 fully saturated rings. The van der Waals surface area contributed by atoms with Crippen LogP contribution in [0.25, 0.3) is 11.0 Å². The van der Waals surface area contributed by atoms with Gasteiger partial charge in [-0.05, 0) is 54.4 Å². The fourth-order valence-corrected chi connectivity index (χ4v) is 5.78. The number of rotatable bonds is 7. The highest BCUT2D eigenvalue weighted by Gasteiger charge is 2.53. The monoisotopic (exact) mass is 459 g/mol. The second-order valence-electron chi connectivity index (χ2n) is 9.94. The Morgan fingerprint density at radius 1 is 1.21 bits per heavy atom. The number of benzene rings is 1. The molecule has 2 saturated carbocycles. The first-order valence-corrected chi connectivity index (χ1v) is 12.5. The molecule has 0 bridgehead atoms. The summed E-state index contributed by atoms with van der Waals surface area (Å²) < 4.78 is 2.11. The van der Waals surface area contributed by atoms with Gasteiger partial charge in [0.05, 0.1) is 23.1 Å². The van der Waals surface area contributed by atoms with Gasteiger partial charge in [-0.15, -0.1) is 0 Å². The molecule has 7 nitrogen and oxygen atoms in total. The summed E-state index contributed by atoms with van der Waals surface area (Å²) in [7, 11) is 0. The van der Waals surface area contributed by atoms with Crippen molar-refractivity contribution in [1.29, 1.82) is 0 Å². The van der Waals surface area contributed by atoms with Gasteiger partial charge in [-0.1, -0.05) is 32.3 Å². The molecule has 0 aliphatic heterocycles. The van der Waals surface area contributed by atoms with Gasteiger partial charge in [-0.2, -0.15) is 0 Å². The second kappa shape index (κ2) is 9.20. The van der Waals surface area contributed by atoms with E-state index in [0.29, 0.717) is 41.2 Å². The van der Waals surface area contributed by atoms with Gasteiger partial charge in [0.2, 0.25) is 5.91 Å². The van der Waals surface area contributed by atoms with Crippen LogP contribution >= 0.6 is 0 Å². The Morgan fingerprint density at radius 2 is 2.03 bits per heavy atom. The predicted octanol–water partition coefficient (Wildman–Crippen LogP) is 4.70. The quantitative estimate of drug-likeness (QED) is 0.536. The first kappa shape index (κ1) is 22.6. The predicted molar refractivity (Wildman–Crippen MR) is 133 cm³/mol. The van der Waals surface area contributed by atoms with Gasteiger partial charge >= 0.3 is 0 Å². The van der Waals surface area contributed by atoms with Crippen LogP contribution in [0.2, 0.25) is 0 Å². The van der Waals surface area contributed by atoms with Crippen LogP contribution in [0.1, 0.15) is 74.1 Å². The largest absolute Gasteiger partial charge is 0.352 e. The molecule has 2 N–H and O–H groups in total. The molecule has 2 amide bonds. The van der Waals surface area contributed by atoms with E-state index >= 15 is 0 Å². The molecule has 2 heterocycles. The molecule has 1 spiro atoms. The zero-order valence-corrected chi connectivity index (χ0v) is 20.1. The third-order valence-electron chi connectivity index (χ3n) is 7.58. The first-order valence-electron chi connectivity index (χ1n) is 12.5. The highest BCUT2D eigenvalue weighted by Crippen LogP contribution is 2.61. The van der Waals surface area contributed by atoms with Gasteiger partial charge in [0, 0.05) is 38.0 Å². The molecule has 2 aromatic heterocycles. The molecular weight excluding hydrogens is 426 g/mol. The van der Waals surface area contributed by atoms with Crippen molar-refractivity contribution in [2.45, 2.75) is 65.3 Å². The summed E-state index contributed by atoms with van der Waals surface area (Å²) in [6, 6.07) is 7.58. The second-order valence-corrected chi connectivity index (χ2v) is 9.94. The molecule has 0 saturated heterocycles. The summed E-state index contributed by atoms with van der Waals surface area (Å²) in [5.74, 6) is 1.20. The van der Waals surface area contributed by atoms with E-state index in [0.717, 1.165) is 23.3 Å². The fourth-order valence-electron chi connectivity index (χ4n) is 5.78. The standard InChI is InChI=1S/C27H33N5O2/c1-3-24-31-23-13-21(30-18(2)33)12-22(25(23)32(24)17-19-8-7-11-28-15-19)26(34)29-16-20-14-27(20)9-5-4-6-10-27/h7-8,11-13,15,20H,3-6,9-10,14,16-17H2,1-2H3,(H,29,34)(H,30,33)/t20-/m0/s1. The van der Waals surface area contributed by atoms with E-state index in [4.69, 9.17) is 4.98 Å². The van der Waals surface area contributed by atoms with Crippen LogP contribution < -0.4 is 10.6 Å². The minimum Gasteiger partial charge on any atom is -0.352 e. The zero-order chi connectivity index (χ0) is 23.7. The normalized spacial score (nSPS) is 18.7. The lowest BCUT2D eigenvalue weighted by Crippen LogP contribution is -2.28. The average Bonchev–Trinajstić information content (AvgIpc) is 3.37. The summed E-state index contributed by atoms with van der Waals surface area (Å²) >= 11 is 0. The lowest BCUT2D eigenvalue weighted by Gasteiger charge is -2.22. The van der Waals surface area contributed by atoms with Gasteiger partial charge in [-0.25, -0.2) is 4.98 Å². The van der Waals surface area contributed by atoms with E-state index in [1.165, 1.54) is 45.4 Å². The van der Waals surface area contributed by atoms with Crippen molar-refractivity contribution >= 4 is 28.5 Å². The number of carbonyl (C=O) groups excluding carboxylic acids is 2. The Balaban J connectivity index is 1.48. The number of nitrogens with one attached hydrogen (secondary N) is 2. The van der Waals surface area contributed by atoms with Crippen LogP contribution in [0, 0.1) is 11.3 Å². The van der Waals surface area contributed by atoms with Crippen molar-refractivity contribution in [3.05, 3.63) is 53.6 Å². The van der Waals surface area contributed by atoms with E-state index in [1.54, 1.807) is 12.3 Å². The van der Waals surface area contributed by atoms with Gasteiger partial charge in [-0.3, -0.25) is 14.6 Å². The number of anilines is 1. The smallest absolute Gasteiger partial charge is 0.253 e. The molecule has 2 aliphatic rings. The van der Waals surface area contributed by atoms with E-state index in [1.807, 2.05) is 24.4 Å². The molecule has 2 aliphatic carbocycles. The Bertz CT molecular complexity index is 1210. The van der Waals surface area contributed by atoms with Crippen LogP contribution in [0.5, 0.6) is 0 Å². The highest BCUT2D eigenvalue weighted by atomic mass is 16.2. The maximum Gasteiger partial charge on any atom is 0.253 e. The van der Waals surface area contributed by atoms with Gasteiger partial charge in [0.1, 0.15) is 5.82 Å². The molecule has 1 atom stereocenters. The number of pyridine rings is 1. The topological polar surface area (TPSA) is 88.9 Å². The van der Waals surface area contributed by atoms with Crippen molar-refractivity contribution < 1.29 is 9.59 Å². The number of aromatic nitrogens is 3. The average molecular weight is 460 g/mol.